The van der Waals surface area contributed by atoms with E-state index in [9.17, 15) is 14.7 Å². The molecule has 6 nitrogen and oxygen atoms in total. The van der Waals surface area contributed by atoms with Crippen LogP contribution in [0.2, 0.25) is 0 Å². The molecule has 3 rings (SSSR count). The summed E-state index contributed by atoms with van der Waals surface area (Å²) in [4.78, 5) is 34.0. The van der Waals surface area contributed by atoms with Gasteiger partial charge < -0.3 is 9.84 Å². The van der Waals surface area contributed by atoms with Gasteiger partial charge in [-0.3, -0.25) is 0 Å². The second-order valence-corrected chi connectivity index (χ2v) is 8.98. The monoisotopic (exact) mass is 512 g/mol. The maximum absolute atomic E-state index is 12.5. The molecule has 0 saturated carbocycles. The summed E-state index contributed by atoms with van der Waals surface area (Å²) in [5.74, 6) is -1.20. The summed E-state index contributed by atoms with van der Waals surface area (Å²) in [6.45, 7) is 5.18. The van der Waals surface area contributed by atoms with Crippen LogP contribution in [0.3, 0.4) is 0 Å². The zero-order valence-corrected chi connectivity index (χ0v) is 18.6. The second kappa shape index (κ2) is 7.50. The van der Waals surface area contributed by atoms with Gasteiger partial charge in [-0.15, -0.1) is 0 Å². The molecule has 0 amide bonds. The van der Waals surface area contributed by atoms with E-state index in [0.29, 0.717) is 15.8 Å². The zero-order chi connectivity index (χ0) is 20.7. The van der Waals surface area contributed by atoms with Gasteiger partial charge >= 0.3 is 11.9 Å². The minimum Gasteiger partial charge on any atom is -0.483 e. The molecule has 148 valence electrons. The number of ether oxygens (including phenoxy) is 1. The minimum absolute atomic E-state index is 0.151. The van der Waals surface area contributed by atoms with Gasteiger partial charge in [0.1, 0.15) is 17.0 Å². The van der Waals surface area contributed by atoms with E-state index in [1.807, 2.05) is 0 Å². The highest BCUT2D eigenvalue weighted by Crippen LogP contribution is 2.44. The molecular formula is C20H18Br2O6. The van der Waals surface area contributed by atoms with Gasteiger partial charge in [-0.05, 0) is 73.1 Å². The molecule has 1 unspecified atom stereocenters. The largest absolute Gasteiger partial charge is 0.483 e. The number of benzene rings is 2. The van der Waals surface area contributed by atoms with Gasteiger partial charge in [0.2, 0.25) is 0 Å². The second-order valence-electron chi connectivity index (χ2n) is 7.21. The number of aliphatic hydroxyl groups is 1. The van der Waals surface area contributed by atoms with Crippen molar-refractivity contribution in [3.63, 3.8) is 0 Å². The van der Waals surface area contributed by atoms with Gasteiger partial charge in [-0.2, -0.15) is 0 Å². The van der Waals surface area contributed by atoms with Gasteiger partial charge in [-0.25, -0.2) is 19.4 Å². The van der Waals surface area contributed by atoms with Gasteiger partial charge in [0.25, 0.3) is 0 Å². The Bertz CT molecular complexity index is 934. The lowest BCUT2D eigenvalue weighted by atomic mass is 9.78. The van der Waals surface area contributed by atoms with Crippen LogP contribution >= 0.6 is 31.9 Å². The lowest BCUT2D eigenvalue weighted by Crippen LogP contribution is -2.56. The summed E-state index contributed by atoms with van der Waals surface area (Å²) >= 11 is 6.68. The highest BCUT2D eigenvalue weighted by Gasteiger charge is 2.47. The number of fused-ring (bicyclic) bond motifs is 1. The molecule has 2 aromatic rings. The molecule has 1 aliphatic heterocycles. The highest BCUT2D eigenvalue weighted by molar-refractivity contribution is 9.10. The third-order valence-electron chi connectivity index (χ3n) is 4.88. The molecule has 0 spiro atoms. The third kappa shape index (κ3) is 3.94. The van der Waals surface area contributed by atoms with E-state index in [0.717, 1.165) is 4.47 Å². The topological polar surface area (TPSA) is 82.1 Å². The van der Waals surface area contributed by atoms with Crippen LogP contribution in [0.1, 0.15) is 47.1 Å². The van der Waals surface area contributed by atoms with Crippen molar-refractivity contribution in [2.75, 3.05) is 0 Å². The summed E-state index contributed by atoms with van der Waals surface area (Å²) < 4.78 is 7.40. The maximum atomic E-state index is 12.5. The lowest BCUT2D eigenvalue weighted by Gasteiger charge is -2.45. The lowest BCUT2D eigenvalue weighted by molar-refractivity contribution is -0.187. The zero-order valence-electron chi connectivity index (χ0n) is 15.4. The smallest absolute Gasteiger partial charge is 0.386 e. The van der Waals surface area contributed by atoms with Crippen molar-refractivity contribution < 1.29 is 29.2 Å². The van der Waals surface area contributed by atoms with Crippen molar-refractivity contribution in [1.82, 2.24) is 0 Å². The molecule has 0 aliphatic carbocycles. The summed E-state index contributed by atoms with van der Waals surface area (Å²) in [7, 11) is 0. The first kappa shape index (κ1) is 20.8. The van der Waals surface area contributed by atoms with Crippen LogP contribution in [0.25, 0.3) is 0 Å². The van der Waals surface area contributed by atoms with Crippen molar-refractivity contribution >= 4 is 43.8 Å². The number of hydrogen-bond donors (Lipinski definition) is 1. The Morgan fingerprint density at radius 3 is 2.25 bits per heavy atom. The Morgan fingerprint density at radius 2 is 1.61 bits per heavy atom. The standard InChI is InChI=1S/C20H18Br2O6/c1-19(2)20(3,25)10-14-13(8-9-15(22)16(14)26-19)18(24)28-27-17(23)11-4-6-12(21)7-5-11/h4-9,25H,10H2,1-3H3. The van der Waals surface area contributed by atoms with Gasteiger partial charge in [0.15, 0.2) is 0 Å². The molecule has 0 saturated heterocycles. The fourth-order valence-electron chi connectivity index (χ4n) is 2.75. The SMILES string of the molecule is CC1(O)Cc2c(C(=O)OOC(=O)c3ccc(Br)cc3)ccc(Br)c2OC1(C)C. The Hall–Kier alpha value is -1.90. The maximum Gasteiger partial charge on any atom is 0.386 e. The predicted molar refractivity (Wildman–Crippen MR) is 108 cm³/mol. The average molecular weight is 514 g/mol. The highest BCUT2D eigenvalue weighted by atomic mass is 79.9. The molecule has 1 heterocycles. The number of hydrogen-bond acceptors (Lipinski definition) is 6. The van der Waals surface area contributed by atoms with E-state index in [1.165, 1.54) is 18.2 Å². The van der Waals surface area contributed by atoms with Gasteiger partial charge in [0, 0.05) is 16.5 Å². The Balaban J connectivity index is 1.82. The van der Waals surface area contributed by atoms with E-state index in [-0.39, 0.29) is 17.5 Å². The molecule has 1 N–H and O–H groups in total. The molecule has 0 fully saturated rings. The summed E-state index contributed by atoms with van der Waals surface area (Å²) in [5, 5.41) is 10.8. The molecule has 0 radical (unpaired) electrons. The van der Waals surface area contributed by atoms with Crippen LogP contribution in [-0.4, -0.2) is 28.2 Å². The fraction of sp³-hybridized carbons (Fsp3) is 0.300. The first-order chi connectivity index (χ1) is 13.0. The summed E-state index contributed by atoms with van der Waals surface area (Å²) in [6.07, 6.45) is 0.167. The third-order valence-corrected chi connectivity index (χ3v) is 6.03. The number of rotatable bonds is 2. The van der Waals surface area contributed by atoms with Crippen molar-refractivity contribution in [3.05, 3.63) is 62.0 Å². The number of carbonyl (C=O) groups is 2. The normalized spacial score (nSPS) is 19.9. The van der Waals surface area contributed by atoms with Crippen LogP contribution in [0.15, 0.2) is 45.3 Å². The van der Waals surface area contributed by atoms with Crippen LogP contribution in [0.5, 0.6) is 5.75 Å². The van der Waals surface area contributed by atoms with Crippen LogP contribution in [-0.2, 0) is 16.2 Å². The number of halogens is 2. The molecule has 2 aromatic carbocycles. The van der Waals surface area contributed by atoms with E-state index in [1.54, 1.807) is 39.0 Å². The quantitative estimate of drug-likeness (QED) is 0.466. The van der Waals surface area contributed by atoms with Crippen LogP contribution < -0.4 is 4.74 Å². The van der Waals surface area contributed by atoms with Gasteiger partial charge in [-0.1, -0.05) is 15.9 Å². The van der Waals surface area contributed by atoms with Crippen molar-refractivity contribution in [2.45, 2.75) is 38.4 Å². The van der Waals surface area contributed by atoms with Crippen molar-refractivity contribution in [3.8, 4) is 5.75 Å². The van der Waals surface area contributed by atoms with Crippen molar-refractivity contribution in [1.29, 1.82) is 0 Å². The molecule has 1 aliphatic rings. The summed E-state index contributed by atoms with van der Waals surface area (Å²) in [6, 6.07) is 9.58. The fourth-order valence-corrected chi connectivity index (χ4v) is 3.47. The van der Waals surface area contributed by atoms with Gasteiger partial charge in [0.05, 0.1) is 15.6 Å². The molecule has 0 bridgehead atoms. The van der Waals surface area contributed by atoms with Crippen molar-refractivity contribution in [2.24, 2.45) is 0 Å². The summed E-state index contributed by atoms with van der Waals surface area (Å²) in [5.41, 5.74) is -1.22. The van der Waals surface area contributed by atoms with E-state index in [2.05, 4.69) is 36.7 Å². The van der Waals surface area contributed by atoms with E-state index >= 15 is 0 Å². The Morgan fingerprint density at radius 1 is 1.00 bits per heavy atom. The molecule has 0 aromatic heterocycles. The Labute approximate surface area is 179 Å². The van der Waals surface area contributed by atoms with Crippen LogP contribution in [0.4, 0.5) is 0 Å². The molecule has 1 atom stereocenters. The molecule has 8 heteroatoms. The Kier molecular flexibility index (Phi) is 5.58. The van der Waals surface area contributed by atoms with Crippen LogP contribution in [0, 0.1) is 0 Å². The predicted octanol–water partition coefficient (Wildman–Crippen LogP) is 4.60. The number of carbonyl (C=O) groups excluding carboxylic acids is 2. The van der Waals surface area contributed by atoms with E-state index < -0.39 is 23.1 Å². The average Bonchev–Trinajstić information content (AvgIpc) is 2.62. The molecular weight excluding hydrogens is 496 g/mol. The first-order valence-electron chi connectivity index (χ1n) is 8.43. The minimum atomic E-state index is -1.22. The molecule has 28 heavy (non-hydrogen) atoms. The first-order valence-corrected chi connectivity index (χ1v) is 10.0. The van der Waals surface area contributed by atoms with E-state index in [4.69, 9.17) is 9.62 Å².